The Hall–Kier alpha value is -1.63. The van der Waals surface area contributed by atoms with Gasteiger partial charge in [-0.25, -0.2) is 0 Å². The first-order valence-electron chi connectivity index (χ1n) is 6.04. The molecule has 0 aliphatic heterocycles. The molecule has 0 aliphatic carbocycles. The van der Waals surface area contributed by atoms with Gasteiger partial charge < -0.3 is 21.7 Å². The van der Waals surface area contributed by atoms with E-state index in [0.717, 1.165) is 0 Å². The molecule has 0 aromatic rings. The van der Waals surface area contributed by atoms with Crippen LogP contribution >= 0.6 is 0 Å². The first-order valence-corrected chi connectivity index (χ1v) is 6.04. The van der Waals surface area contributed by atoms with E-state index in [0.29, 0.717) is 39.0 Å². The molecular weight excluding hydrogens is 236 g/mol. The van der Waals surface area contributed by atoms with E-state index >= 15 is 0 Å². The van der Waals surface area contributed by atoms with Crippen LogP contribution < -0.4 is 21.7 Å². The van der Waals surface area contributed by atoms with Gasteiger partial charge in [-0.1, -0.05) is 0 Å². The van der Waals surface area contributed by atoms with Gasteiger partial charge in [-0.15, -0.1) is 0 Å². The molecule has 0 unspecified atom stereocenters. The molecule has 5 N–H and O–H groups in total. The summed E-state index contributed by atoms with van der Waals surface area (Å²) in [5, 5.41) is 7.81. The molecule has 0 rings (SSSR count). The Bertz CT molecular complexity index is 281. The summed E-state index contributed by atoms with van der Waals surface area (Å²) in [5.74, 6) is -0.716. The molecule has 7 heteroatoms. The number of hydrogen-bond acceptors (Lipinski definition) is 4. The highest BCUT2D eigenvalue weighted by Gasteiger charge is 2.07. The summed E-state index contributed by atoms with van der Waals surface area (Å²) in [6, 6.07) is 0. The highest BCUT2D eigenvalue weighted by Crippen LogP contribution is 1.83. The van der Waals surface area contributed by atoms with E-state index in [1.807, 2.05) is 0 Å². The second-order valence-corrected chi connectivity index (χ2v) is 3.86. The molecule has 0 fully saturated rings. The van der Waals surface area contributed by atoms with Gasteiger partial charge in [-0.05, 0) is 19.4 Å². The summed E-state index contributed by atoms with van der Waals surface area (Å²) >= 11 is 0. The summed E-state index contributed by atoms with van der Waals surface area (Å²) in [7, 11) is 0. The van der Waals surface area contributed by atoms with Crippen molar-refractivity contribution in [1.29, 1.82) is 0 Å². The van der Waals surface area contributed by atoms with E-state index in [1.165, 1.54) is 6.92 Å². The quantitative estimate of drug-likeness (QED) is 0.297. The van der Waals surface area contributed by atoms with Crippen molar-refractivity contribution in [3.05, 3.63) is 0 Å². The Morgan fingerprint density at radius 2 is 1.39 bits per heavy atom. The Balaban J connectivity index is 3.46. The van der Waals surface area contributed by atoms with Gasteiger partial charge in [0, 0.05) is 26.6 Å². The van der Waals surface area contributed by atoms with Gasteiger partial charge in [0.05, 0.1) is 0 Å². The van der Waals surface area contributed by atoms with Crippen molar-refractivity contribution in [2.75, 3.05) is 26.2 Å². The summed E-state index contributed by atoms with van der Waals surface area (Å²) < 4.78 is 0. The van der Waals surface area contributed by atoms with Gasteiger partial charge in [0.25, 0.3) is 0 Å². The summed E-state index contributed by atoms with van der Waals surface area (Å²) in [4.78, 5) is 33.1. The largest absolute Gasteiger partial charge is 0.356 e. The van der Waals surface area contributed by atoms with Crippen LogP contribution in [0.1, 0.15) is 26.2 Å². The topological polar surface area (TPSA) is 113 Å². The first kappa shape index (κ1) is 16.4. The SMILES string of the molecule is CC(=O)NCCCNC(=O)CC(=O)NCCCN. The molecule has 18 heavy (non-hydrogen) atoms. The molecule has 7 nitrogen and oxygen atoms in total. The van der Waals surface area contributed by atoms with Gasteiger partial charge in [0.1, 0.15) is 6.42 Å². The first-order chi connectivity index (χ1) is 8.56. The molecule has 3 amide bonds. The molecule has 0 radical (unpaired) electrons. The Morgan fingerprint density at radius 1 is 0.889 bits per heavy atom. The van der Waals surface area contributed by atoms with Crippen LogP contribution in [0.3, 0.4) is 0 Å². The third kappa shape index (κ3) is 10.9. The third-order valence-electron chi connectivity index (χ3n) is 2.07. The molecular formula is C11H22N4O3. The van der Waals surface area contributed by atoms with Crippen molar-refractivity contribution in [2.45, 2.75) is 26.2 Å². The van der Waals surface area contributed by atoms with Crippen molar-refractivity contribution < 1.29 is 14.4 Å². The van der Waals surface area contributed by atoms with Crippen molar-refractivity contribution in [1.82, 2.24) is 16.0 Å². The van der Waals surface area contributed by atoms with Gasteiger partial charge in [-0.3, -0.25) is 14.4 Å². The van der Waals surface area contributed by atoms with Crippen LogP contribution in [0.15, 0.2) is 0 Å². The summed E-state index contributed by atoms with van der Waals surface area (Å²) in [5.41, 5.74) is 5.27. The van der Waals surface area contributed by atoms with E-state index in [1.54, 1.807) is 0 Å². The van der Waals surface area contributed by atoms with E-state index < -0.39 is 0 Å². The molecule has 0 heterocycles. The van der Waals surface area contributed by atoms with Crippen LogP contribution in [0.25, 0.3) is 0 Å². The Labute approximate surface area is 107 Å². The van der Waals surface area contributed by atoms with Gasteiger partial charge in [0.15, 0.2) is 0 Å². The zero-order chi connectivity index (χ0) is 13.8. The van der Waals surface area contributed by atoms with E-state index in [2.05, 4.69) is 16.0 Å². The molecule has 0 aromatic heterocycles. The number of carbonyl (C=O) groups is 3. The van der Waals surface area contributed by atoms with Gasteiger partial charge >= 0.3 is 0 Å². The lowest BCUT2D eigenvalue weighted by Crippen LogP contribution is -2.34. The average molecular weight is 258 g/mol. The maximum absolute atomic E-state index is 11.3. The van der Waals surface area contributed by atoms with Crippen LogP contribution in [0, 0.1) is 0 Å². The van der Waals surface area contributed by atoms with E-state index in [9.17, 15) is 14.4 Å². The Morgan fingerprint density at radius 3 is 1.89 bits per heavy atom. The number of hydrogen-bond donors (Lipinski definition) is 4. The zero-order valence-electron chi connectivity index (χ0n) is 10.8. The van der Waals surface area contributed by atoms with Crippen molar-refractivity contribution >= 4 is 17.7 Å². The van der Waals surface area contributed by atoms with Crippen LogP contribution in [0.5, 0.6) is 0 Å². The second-order valence-electron chi connectivity index (χ2n) is 3.86. The van der Waals surface area contributed by atoms with Crippen molar-refractivity contribution in [2.24, 2.45) is 5.73 Å². The second kappa shape index (κ2) is 10.5. The highest BCUT2D eigenvalue weighted by molar-refractivity contribution is 5.96. The monoisotopic (exact) mass is 258 g/mol. The molecule has 0 spiro atoms. The number of carbonyl (C=O) groups excluding carboxylic acids is 3. The van der Waals surface area contributed by atoms with Crippen LogP contribution in [-0.4, -0.2) is 43.9 Å². The summed E-state index contributed by atoms with van der Waals surface area (Å²) in [6.45, 7) is 3.39. The smallest absolute Gasteiger partial charge is 0.229 e. The van der Waals surface area contributed by atoms with Gasteiger partial charge in [0.2, 0.25) is 17.7 Å². The van der Waals surface area contributed by atoms with Crippen LogP contribution in [0.2, 0.25) is 0 Å². The maximum atomic E-state index is 11.3. The van der Waals surface area contributed by atoms with Gasteiger partial charge in [-0.2, -0.15) is 0 Å². The van der Waals surface area contributed by atoms with Crippen molar-refractivity contribution in [3.8, 4) is 0 Å². The molecule has 0 saturated heterocycles. The molecule has 0 atom stereocenters. The van der Waals surface area contributed by atoms with Crippen LogP contribution in [0.4, 0.5) is 0 Å². The van der Waals surface area contributed by atoms with E-state index in [-0.39, 0.29) is 24.1 Å². The highest BCUT2D eigenvalue weighted by atomic mass is 16.2. The fourth-order valence-corrected chi connectivity index (χ4v) is 1.18. The maximum Gasteiger partial charge on any atom is 0.229 e. The minimum atomic E-state index is -0.317. The molecule has 104 valence electrons. The number of amides is 3. The molecule has 0 aliphatic rings. The predicted molar refractivity (Wildman–Crippen MR) is 67.6 cm³/mol. The minimum Gasteiger partial charge on any atom is -0.356 e. The van der Waals surface area contributed by atoms with Crippen molar-refractivity contribution in [3.63, 3.8) is 0 Å². The lowest BCUT2D eigenvalue weighted by Gasteiger charge is -2.06. The lowest BCUT2D eigenvalue weighted by atomic mass is 10.3. The standard InChI is InChI=1S/C11H22N4O3/c1-9(16)13-6-3-7-15-11(18)8-10(17)14-5-2-4-12/h2-8,12H2,1H3,(H,13,16)(H,14,17)(H,15,18). The molecule has 0 saturated carbocycles. The normalized spacial score (nSPS) is 9.67. The number of nitrogens with one attached hydrogen (secondary N) is 3. The fourth-order valence-electron chi connectivity index (χ4n) is 1.18. The number of rotatable bonds is 9. The number of nitrogens with two attached hydrogens (primary N) is 1. The summed E-state index contributed by atoms with van der Waals surface area (Å²) in [6.07, 6.45) is 1.16. The molecule has 0 aromatic carbocycles. The lowest BCUT2D eigenvalue weighted by molar-refractivity contribution is -0.129. The third-order valence-corrected chi connectivity index (χ3v) is 2.07. The Kier molecular flexibility index (Phi) is 9.57. The zero-order valence-corrected chi connectivity index (χ0v) is 10.8. The predicted octanol–water partition coefficient (Wildman–Crippen LogP) is -1.52. The minimum absolute atomic E-state index is 0.0967. The molecule has 0 bridgehead atoms. The average Bonchev–Trinajstić information content (AvgIpc) is 2.28. The van der Waals surface area contributed by atoms with Crippen LogP contribution in [-0.2, 0) is 14.4 Å². The fraction of sp³-hybridized carbons (Fsp3) is 0.727. The van der Waals surface area contributed by atoms with E-state index in [4.69, 9.17) is 5.73 Å².